The maximum atomic E-state index is 13.8. The Hall–Kier alpha value is -4.00. The molecule has 0 atom stereocenters. The summed E-state index contributed by atoms with van der Waals surface area (Å²) >= 11 is 2.23. The highest BCUT2D eigenvalue weighted by Crippen LogP contribution is 2.68. The van der Waals surface area contributed by atoms with E-state index < -0.39 is 61.0 Å². The molecule has 4 aromatic rings. The minimum atomic E-state index is -4.86. The maximum Gasteiger partial charge on any atom is 0.573 e. The van der Waals surface area contributed by atoms with Crippen LogP contribution in [0.4, 0.5) is 51.1 Å². The summed E-state index contributed by atoms with van der Waals surface area (Å²) in [6, 6.07) is 2.29. The fourth-order valence-electron chi connectivity index (χ4n) is 8.59. The number of aryl methyl sites for hydroxylation is 2. The molecule has 0 aromatic carbocycles. The molecule has 7 aliphatic rings. The van der Waals surface area contributed by atoms with Crippen LogP contribution in [-0.4, -0.2) is 78.6 Å². The Kier molecular flexibility index (Phi) is 12.0. The van der Waals surface area contributed by atoms with E-state index in [-0.39, 0.29) is 22.7 Å². The minimum absolute atomic E-state index is 0.108. The molecule has 62 heavy (non-hydrogen) atoms. The highest BCUT2D eigenvalue weighted by Gasteiger charge is 2.71. The number of hydrogen-bond donors (Lipinski definition) is 2. The summed E-state index contributed by atoms with van der Waals surface area (Å²) in [7, 11) is -1.83. The molecule has 4 aromatic heterocycles. The Morgan fingerprint density at radius 2 is 1.18 bits per heavy atom. The molecule has 0 spiro atoms. The highest BCUT2D eigenvalue weighted by atomic mass is 127. The zero-order valence-electron chi connectivity index (χ0n) is 35.7. The lowest BCUT2D eigenvalue weighted by Crippen LogP contribution is -2.70. The summed E-state index contributed by atoms with van der Waals surface area (Å²) in [5.41, 5.74) is 8.76. The van der Waals surface area contributed by atoms with Crippen LogP contribution >= 0.6 is 22.6 Å². The molecule has 5 heterocycles. The fourth-order valence-corrected chi connectivity index (χ4v) is 9.15. The molecule has 7 fully saturated rings. The first-order chi connectivity index (χ1) is 29.0. The van der Waals surface area contributed by atoms with Crippen LogP contribution in [0.5, 0.6) is 11.5 Å². The van der Waals surface area contributed by atoms with Gasteiger partial charge in [0.25, 0.3) is 0 Å². The van der Waals surface area contributed by atoms with Crippen LogP contribution in [-0.2, 0) is 33.2 Å². The van der Waals surface area contributed by atoms with E-state index in [2.05, 4.69) is 69.7 Å². The summed E-state index contributed by atoms with van der Waals surface area (Å²) in [6.07, 6.45) is 1.86. The Bertz CT molecular complexity index is 2260. The number of nitrogen functional groups attached to an aromatic ring is 2. The lowest BCUT2D eigenvalue weighted by Gasteiger charge is -2.66. The van der Waals surface area contributed by atoms with E-state index in [0.29, 0.717) is 61.7 Å². The zero-order valence-corrected chi connectivity index (χ0v) is 36.8. The quantitative estimate of drug-likeness (QED) is 0.0998. The number of aromatic nitrogens is 6. The second kappa shape index (κ2) is 16.2. The van der Waals surface area contributed by atoms with Crippen molar-refractivity contribution in [3.63, 3.8) is 0 Å². The van der Waals surface area contributed by atoms with E-state index in [1.54, 1.807) is 6.20 Å². The molecule has 0 amide bonds. The minimum Gasteiger partial charge on any atom is -0.402 e. The van der Waals surface area contributed by atoms with Gasteiger partial charge in [-0.25, -0.2) is 28.7 Å². The monoisotopic (exact) mass is 1000 g/mol. The largest absolute Gasteiger partial charge is 0.573 e. The van der Waals surface area contributed by atoms with Gasteiger partial charge < -0.3 is 39.4 Å². The standard InChI is InChI=1S/C16H16F4N4O.C12H16BF3N2O3.C10H12FIN2.CH3F/c1-2-12-23-10(5-24(12)15-6-14(17,7-15)8-15)9-3-11(13(21)22-4-9)25-16(18,19)20;1-10(2)11(3,4)21-13(20-10)7-5-8(9(17)18-6-7)19-12(14,15)16;1-2-8-13-7(12)3-14(8)10-4-9(11,5-10)6-10;1-2/h3-5H,2,6-8H2,1H3,(H2,21,22);5-6H,1-4H3,(H2,17,18);3H,2,4-6H2,1H3;1H3/i;;;1D. The van der Waals surface area contributed by atoms with Crippen LogP contribution < -0.4 is 26.4 Å². The molecule has 1 saturated heterocycles. The van der Waals surface area contributed by atoms with Crippen molar-refractivity contribution in [2.45, 2.75) is 139 Å². The van der Waals surface area contributed by atoms with Gasteiger partial charge in [0.05, 0.1) is 36.5 Å². The van der Waals surface area contributed by atoms with E-state index in [9.17, 15) is 39.5 Å². The second-order valence-electron chi connectivity index (χ2n) is 17.2. The Morgan fingerprint density at radius 3 is 1.61 bits per heavy atom. The van der Waals surface area contributed by atoms with Crippen molar-refractivity contribution in [3.8, 4) is 22.8 Å². The number of anilines is 2. The van der Waals surface area contributed by atoms with E-state index in [4.69, 9.17) is 22.1 Å². The first kappa shape index (κ1) is 46.0. The zero-order chi connectivity index (χ0) is 46.8. The van der Waals surface area contributed by atoms with Crippen LogP contribution in [0.3, 0.4) is 0 Å². The van der Waals surface area contributed by atoms with Crippen LogP contribution in [0.1, 0.15) is 93.1 Å². The number of hydrogen-bond acceptors (Lipinski definition) is 10. The summed E-state index contributed by atoms with van der Waals surface area (Å²) in [5.74, 6) is 0.0335. The normalized spacial score (nSPS) is 27.2. The molecule has 12 nitrogen and oxygen atoms in total. The lowest BCUT2D eigenvalue weighted by molar-refractivity contribution is -0.275. The van der Waals surface area contributed by atoms with Crippen molar-refractivity contribution in [2.24, 2.45) is 0 Å². The third-order valence-corrected chi connectivity index (χ3v) is 12.6. The molecule has 6 saturated carbocycles. The average Bonchev–Trinajstić information content (AvgIpc) is 3.78. The number of ether oxygens (including phenoxy) is 2. The van der Waals surface area contributed by atoms with Crippen LogP contribution in [0.25, 0.3) is 11.3 Å². The van der Waals surface area contributed by atoms with Gasteiger partial charge in [-0.05, 0) is 62.4 Å². The molecular weight excluding hydrogens is 953 g/mol. The van der Waals surface area contributed by atoms with E-state index >= 15 is 0 Å². The number of alkyl halides is 9. The number of halogens is 10. The van der Waals surface area contributed by atoms with Crippen molar-refractivity contribution in [1.82, 2.24) is 29.1 Å². The Balaban J connectivity index is 0.000000157. The molecule has 0 radical (unpaired) electrons. The van der Waals surface area contributed by atoms with Crippen molar-refractivity contribution in [1.29, 1.82) is 0 Å². The van der Waals surface area contributed by atoms with Gasteiger partial charge in [-0.2, -0.15) is 0 Å². The van der Waals surface area contributed by atoms with Crippen molar-refractivity contribution in [3.05, 3.63) is 52.3 Å². The SMILES string of the molecule is CC1(C)OB(c2cnc(N)c(OC(F)(F)F)c2)OC1(C)C.CCc1nc(-c2cnc(N)c(OC(F)(F)F)c2)cn1C12CC(F)(C1)C2.CCc1nc(I)cn1C12CC(F)(C1)C2.[2H]CF. The number of nitrogens with two attached hydrogens (primary N) is 2. The predicted octanol–water partition coefficient (Wildman–Crippen LogP) is 8.69. The first-order valence-corrected chi connectivity index (χ1v) is 20.6. The van der Waals surface area contributed by atoms with Crippen molar-refractivity contribution in [2.75, 3.05) is 18.6 Å². The number of nitrogens with zero attached hydrogens (tertiary/aromatic N) is 6. The molecule has 0 unspecified atom stereocenters. The average molecular weight is 1000 g/mol. The van der Waals surface area contributed by atoms with Gasteiger partial charge in [0.1, 0.15) is 26.7 Å². The molecular formula is C39H47BF9IN8O4. The summed E-state index contributed by atoms with van der Waals surface area (Å²) in [6.45, 7) is 11.4. The van der Waals surface area contributed by atoms with Gasteiger partial charge in [0.15, 0.2) is 23.1 Å². The smallest absolute Gasteiger partial charge is 0.402 e. The van der Waals surface area contributed by atoms with Crippen LogP contribution in [0.2, 0.25) is 0 Å². The third-order valence-electron chi connectivity index (χ3n) is 12.1. The lowest BCUT2D eigenvalue weighted by atomic mass is 9.47. The molecule has 23 heteroatoms. The van der Waals surface area contributed by atoms with Crippen molar-refractivity contribution < 1.29 is 59.7 Å². The number of imidazole rings is 2. The Morgan fingerprint density at radius 1 is 0.758 bits per heavy atom. The van der Waals surface area contributed by atoms with Gasteiger partial charge >= 0.3 is 19.8 Å². The van der Waals surface area contributed by atoms with Crippen LogP contribution in [0.15, 0.2) is 36.9 Å². The van der Waals surface area contributed by atoms with Crippen molar-refractivity contribution >= 4 is 46.8 Å². The molecule has 11 rings (SSSR count). The Labute approximate surface area is 367 Å². The predicted molar refractivity (Wildman–Crippen MR) is 220 cm³/mol. The van der Waals surface area contributed by atoms with Gasteiger partial charge in [0, 0.05) is 87.2 Å². The number of rotatable bonds is 8. The molecule has 340 valence electrons. The summed E-state index contributed by atoms with van der Waals surface area (Å²) < 4.78 is 142. The van der Waals surface area contributed by atoms with Gasteiger partial charge in [-0.3, -0.25) is 4.39 Å². The van der Waals surface area contributed by atoms with Gasteiger partial charge in [-0.15, -0.1) is 26.3 Å². The molecule has 1 aliphatic heterocycles. The maximum absolute atomic E-state index is 13.8. The topological polar surface area (TPSA) is 150 Å². The molecule has 6 aliphatic carbocycles. The summed E-state index contributed by atoms with van der Waals surface area (Å²) in [4.78, 5) is 16.4. The van der Waals surface area contributed by atoms with E-state index in [0.717, 1.165) is 27.8 Å². The van der Waals surface area contributed by atoms with Crippen LogP contribution in [0, 0.1) is 3.70 Å². The van der Waals surface area contributed by atoms with Gasteiger partial charge in [-0.1, -0.05) is 13.8 Å². The van der Waals surface area contributed by atoms with E-state index in [1.807, 2.05) is 39.2 Å². The highest BCUT2D eigenvalue weighted by molar-refractivity contribution is 14.1. The molecule has 4 N–H and O–H groups in total. The first-order valence-electron chi connectivity index (χ1n) is 20.2. The fraction of sp³-hybridized carbons (Fsp3) is 0.590. The van der Waals surface area contributed by atoms with Gasteiger partial charge in [0.2, 0.25) is 0 Å². The summed E-state index contributed by atoms with van der Waals surface area (Å²) in [5, 5.41) is 0. The number of pyridine rings is 2. The second-order valence-corrected chi connectivity index (χ2v) is 18.3. The van der Waals surface area contributed by atoms with E-state index in [1.165, 1.54) is 18.5 Å². The molecule has 4 bridgehead atoms. The third kappa shape index (κ3) is 9.30.